The molecule has 44 valence electrons. The van der Waals surface area contributed by atoms with Crippen molar-refractivity contribution in [3.8, 4) is 0 Å². The molecule has 1 N–H and O–H groups in total. The molecule has 8 heavy (non-hydrogen) atoms. The third kappa shape index (κ3) is 1.27. The van der Waals surface area contributed by atoms with Crippen LogP contribution in [-0.4, -0.2) is 12.1 Å². The minimum Gasteiger partial charge on any atom is -0.253 e. The van der Waals surface area contributed by atoms with Gasteiger partial charge in [0.05, 0.1) is 0 Å². The standard InChI is InChI=1S/C2HN3O2.ClH/c6-1-3-2(7)5-4-1;/h(H,3,6,7);1H. The Kier molecular flexibility index (Phi) is 2.08. The molecule has 0 saturated carbocycles. The van der Waals surface area contributed by atoms with Crippen LogP contribution in [0.4, 0.5) is 9.59 Å². The second-order valence-electron chi connectivity index (χ2n) is 0.935. The molecule has 4 amide bonds. The van der Waals surface area contributed by atoms with Crippen molar-refractivity contribution in [3.05, 3.63) is 0 Å². The first kappa shape index (κ1) is 7.03. The molecule has 0 fully saturated rings. The van der Waals surface area contributed by atoms with E-state index < -0.39 is 12.1 Å². The summed E-state index contributed by atoms with van der Waals surface area (Å²) >= 11 is 0. The Morgan fingerprint density at radius 3 is 1.62 bits per heavy atom. The average molecular weight is 136 g/mol. The summed E-state index contributed by atoms with van der Waals surface area (Å²) in [4.78, 5) is 19.7. The Morgan fingerprint density at radius 2 is 1.50 bits per heavy atom. The van der Waals surface area contributed by atoms with Crippen LogP contribution in [0.15, 0.2) is 10.2 Å². The average Bonchev–Trinajstić information content (AvgIpc) is 1.87. The summed E-state index contributed by atoms with van der Waals surface area (Å²) in [5.74, 6) is 0. The fourth-order valence-electron chi connectivity index (χ4n) is 0.232. The van der Waals surface area contributed by atoms with Crippen LogP contribution in [0.25, 0.3) is 0 Å². The minimum atomic E-state index is -0.690. The van der Waals surface area contributed by atoms with E-state index in [4.69, 9.17) is 0 Å². The van der Waals surface area contributed by atoms with Gasteiger partial charge in [-0.25, -0.2) is 9.59 Å². The van der Waals surface area contributed by atoms with Crippen LogP contribution >= 0.6 is 12.4 Å². The van der Waals surface area contributed by atoms with Gasteiger partial charge >= 0.3 is 12.1 Å². The van der Waals surface area contributed by atoms with Crippen molar-refractivity contribution in [3.63, 3.8) is 0 Å². The van der Waals surface area contributed by atoms with Crippen LogP contribution < -0.4 is 5.32 Å². The molecule has 0 aromatic carbocycles. The molecule has 1 aliphatic heterocycles. The highest BCUT2D eigenvalue weighted by molar-refractivity contribution is 5.98. The van der Waals surface area contributed by atoms with Gasteiger partial charge in [0, 0.05) is 0 Å². The number of hydrogen-bond acceptors (Lipinski definition) is 2. The van der Waals surface area contributed by atoms with Crippen molar-refractivity contribution in [2.45, 2.75) is 0 Å². The van der Waals surface area contributed by atoms with E-state index >= 15 is 0 Å². The van der Waals surface area contributed by atoms with Crippen LogP contribution in [0.3, 0.4) is 0 Å². The molecule has 0 spiro atoms. The Labute approximate surface area is 50.6 Å². The number of rotatable bonds is 0. The summed E-state index contributed by atoms with van der Waals surface area (Å²) in [7, 11) is 0. The highest BCUT2D eigenvalue weighted by Crippen LogP contribution is 1.88. The SMILES string of the molecule is Cl.O=C1N=NC(=O)N1. The van der Waals surface area contributed by atoms with E-state index in [0.717, 1.165) is 0 Å². The number of nitrogens with zero attached hydrogens (tertiary/aromatic N) is 2. The van der Waals surface area contributed by atoms with E-state index in [1.54, 1.807) is 5.32 Å². The predicted molar refractivity (Wildman–Crippen MR) is 26.0 cm³/mol. The largest absolute Gasteiger partial charge is 0.367 e. The third-order valence-electron chi connectivity index (χ3n) is 0.446. The summed E-state index contributed by atoms with van der Waals surface area (Å²) in [6.45, 7) is 0. The van der Waals surface area contributed by atoms with E-state index in [-0.39, 0.29) is 12.4 Å². The van der Waals surface area contributed by atoms with Crippen LogP contribution in [-0.2, 0) is 0 Å². The molecular formula is C2H2ClN3O2. The predicted octanol–water partition coefficient (Wildman–Crippen LogP) is 0.704. The normalized spacial score (nSPS) is 15.5. The van der Waals surface area contributed by atoms with Gasteiger partial charge in [0.15, 0.2) is 0 Å². The maximum Gasteiger partial charge on any atom is 0.367 e. The van der Waals surface area contributed by atoms with Gasteiger partial charge in [-0.15, -0.1) is 12.4 Å². The molecule has 0 bridgehead atoms. The van der Waals surface area contributed by atoms with E-state index in [0.29, 0.717) is 0 Å². The number of urea groups is 2. The number of carbonyl (C=O) groups excluding carboxylic acids is 2. The second-order valence-corrected chi connectivity index (χ2v) is 0.935. The highest BCUT2D eigenvalue weighted by atomic mass is 35.5. The molecule has 0 aliphatic carbocycles. The van der Waals surface area contributed by atoms with Gasteiger partial charge < -0.3 is 0 Å². The van der Waals surface area contributed by atoms with Crippen molar-refractivity contribution in [1.82, 2.24) is 5.32 Å². The molecule has 0 radical (unpaired) electrons. The molecular weight excluding hydrogens is 133 g/mol. The van der Waals surface area contributed by atoms with Gasteiger partial charge in [-0.05, 0) is 0 Å². The lowest BCUT2D eigenvalue weighted by Gasteiger charge is -1.74. The molecule has 1 aliphatic rings. The zero-order valence-electron chi connectivity index (χ0n) is 3.62. The quantitative estimate of drug-likeness (QED) is 0.531. The number of amides is 4. The summed E-state index contributed by atoms with van der Waals surface area (Å²) < 4.78 is 0. The zero-order valence-corrected chi connectivity index (χ0v) is 4.44. The number of nitrogens with one attached hydrogen (secondary N) is 1. The highest BCUT2D eigenvalue weighted by Gasteiger charge is 2.11. The van der Waals surface area contributed by atoms with E-state index in [1.807, 2.05) is 0 Å². The summed E-state index contributed by atoms with van der Waals surface area (Å²) in [5, 5.41) is 7.49. The van der Waals surface area contributed by atoms with Crippen molar-refractivity contribution in [1.29, 1.82) is 0 Å². The van der Waals surface area contributed by atoms with E-state index in [2.05, 4.69) is 10.2 Å². The monoisotopic (exact) mass is 135 g/mol. The molecule has 0 atom stereocenters. The lowest BCUT2D eigenvalue weighted by Crippen LogP contribution is -2.17. The number of carbonyl (C=O) groups is 2. The van der Waals surface area contributed by atoms with Crippen LogP contribution in [0, 0.1) is 0 Å². The number of imide groups is 1. The van der Waals surface area contributed by atoms with Gasteiger partial charge in [-0.1, -0.05) is 10.2 Å². The zero-order chi connectivity index (χ0) is 5.28. The first-order chi connectivity index (χ1) is 3.29. The van der Waals surface area contributed by atoms with Crippen molar-refractivity contribution in [2.24, 2.45) is 10.2 Å². The molecule has 1 rings (SSSR count). The minimum absolute atomic E-state index is 0. The summed E-state index contributed by atoms with van der Waals surface area (Å²) in [6, 6.07) is -1.38. The number of azo groups is 1. The van der Waals surface area contributed by atoms with Crippen molar-refractivity contribution >= 4 is 24.5 Å². The van der Waals surface area contributed by atoms with E-state index in [9.17, 15) is 9.59 Å². The van der Waals surface area contributed by atoms with Crippen LogP contribution in [0.1, 0.15) is 0 Å². The molecule has 5 nitrogen and oxygen atoms in total. The smallest absolute Gasteiger partial charge is 0.253 e. The first-order valence-corrected chi connectivity index (χ1v) is 1.56. The Balaban J connectivity index is 0.000000490. The van der Waals surface area contributed by atoms with Crippen molar-refractivity contribution < 1.29 is 9.59 Å². The Bertz CT molecular complexity index is 137. The molecule has 1 heterocycles. The Morgan fingerprint density at radius 1 is 1.12 bits per heavy atom. The van der Waals surface area contributed by atoms with Crippen molar-refractivity contribution in [2.75, 3.05) is 0 Å². The molecule has 0 aromatic heterocycles. The van der Waals surface area contributed by atoms with Gasteiger partial charge in [0.1, 0.15) is 0 Å². The van der Waals surface area contributed by atoms with Gasteiger partial charge in [0.2, 0.25) is 0 Å². The summed E-state index contributed by atoms with van der Waals surface area (Å²) in [6.07, 6.45) is 0. The Hall–Kier alpha value is -0.970. The lowest BCUT2D eigenvalue weighted by molar-refractivity contribution is 0.243. The van der Waals surface area contributed by atoms with Gasteiger partial charge in [-0.2, -0.15) is 0 Å². The molecule has 0 saturated heterocycles. The van der Waals surface area contributed by atoms with Crippen LogP contribution in [0.5, 0.6) is 0 Å². The topological polar surface area (TPSA) is 70.9 Å². The number of hydrogen-bond donors (Lipinski definition) is 1. The fraction of sp³-hybridized carbons (Fsp3) is 0. The van der Waals surface area contributed by atoms with Gasteiger partial charge in [-0.3, -0.25) is 5.32 Å². The maximum absolute atomic E-state index is 9.86. The first-order valence-electron chi connectivity index (χ1n) is 1.56. The maximum atomic E-state index is 9.86. The molecule has 0 unspecified atom stereocenters. The van der Waals surface area contributed by atoms with Gasteiger partial charge in [0.25, 0.3) is 0 Å². The lowest BCUT2D eigenvalue weighted by atomic mass is 11.0. The van der Waals surface area contributed by atoms with E-state index in [1.165, 1.54) is 0 Å². The molecule has 0 aromatic rings. The second kappa shape index (κ2) is 2.37. The third-order valence-corrected chi connectivity index (χ3v) is 0.446. The van der Waals surface area contributed by atoms with Crippen LogP contribution in [0.2, 0.25) is 0 Å². The summed E-state index contributed by atoms with van der Waals surface area (Å²) in [5.41, 5.74) is 0. The molecule has 6 heteroatoms. The number of halogens is 1. The fourth-order valence-corrected chi connectivity index (χ4v) is 0.232.